The molecule has 0 aromatic carbocycles. The number of nitrogens with one attached hydrogen (secondary N) is 1. The van der Waals surface area contributed by atoms with Crippen molar-refractivity contribution in [1.29, 1.82) is 0 Å². The van der Waals surface area contributed by atoms with Crippen molar-refractivity contribution in [1.82, 2.24) is 4.98 Å². The van der Waals surface area contributed by atoms with E-state index in [1.807, 2.05) is 60.7 Å². The van der Waals surface area contributed by atoms with Gasteiger partial charge in [0.25, 0.3) is 0 Å². The second-order valence-electron chi connectivity index (χ2n) is 5.96. The van der Waals surface area contributed by atoms with E-state index in [9.17, 15) is 0 Å². The zero-order valence-electron chi connectivity index (χ0n) is 13.2. The molecule has 1 radical (unpaired) electrons. The Bertz CT molecular complexity index is 1100. The van der Waals surface area contributed by atoms with Crippen LogP contribution in [0.4, 0.5) is 0 Å². The summed E-state index contributed by atoms with van der Waals surface area (Å²) in [6, 6.07) is 4.13. The Labute approximate surface area is 155 Å². The van der Waals surface area contributed by atoms with E-state index < -0.39 is 0 Å². The number of allylic oxidation sites excluding steroid dienone is 6. The molecule has 8 bridgehead atoms. The number of hydrogen-bond donors (Lipinski definition) is 1. The van der Waals surface area contributed by atoms with E-state index in [2.05, 4.69) is 32.1 Å². The second-order valence-corrected chi connectivity index (χ2v) is 5.96. The monoisotopic (exact) mass is 369 g/mol. The number of nitrogens with zero attached hydrogens (tertiary/aromatic N) is 3. The number of rotatable bonds is 0. The summed E-state index contributed by atoms with van der Waals surface area (Å²) in [5, 5.41) is 2.05. The van der Waals surface area contributed by atoms with E-state index >= 15 is 0 Å². The largest absolute Gasteiger partial charge is 2.00 e. The van der Waals surface area contributed by atoms with Gasteiger partial charge in [0.15, 0.2) is 0 Å². The molecule has 0 saturated carbocycles. The third-order valence-electron chi connectivity index (χ3n) is 4.10. The van der Waals surface area contributed by atoms with E-state index in [1.165, 1.54) is 0 Å². The summed E-state index contributed by atoms with van der Waals surface area (Å²) in [6.45, 7) is 0. The molecule has 5 heterocycles. The fourth-order valence-corrected chi connectivity index (χ4v) is 3.00. The molecule has 1 atom stereocenters. The molecule has 4 nitrogen and oxygen atoms in total. The Morgan fingerprint density at radius 2 is 1.40 bits per heavy atom. The minimum atomic E-state index is 0. The number of H-pyrrole nitrogens is 1. The van der Waals surface area contributed by atoms with Gasteiger partial charge in [0.2, 0.25) is 0 Å². The summed E-state index contributed by atoms with van der Waals surface area (Å²) in [4.78, 5) is 17.3. The topological polar surface area (TPSA) is 52.9 Å². The van der Waals surface area contributed by atoms with Gasteiger partial charge in [-0.25, -0.2) is 9.98 Å². The van der Waals surface area contributed by atoms with Gasteiger partial charge in [-0.3, -0.25) is 4.99 Å². The molecule has 0 aliphatic carbocycles. The Kier molecular flexibility index (Phi) is 3.95. The van der Waals surface area contributed by atoms with Crippen LogP contribution in [0.1, 0.15) is 0 Å². The number of aromatic nitrogens is 1. The predicted molar refractivity (Wildman–Crippen MR) is 98.7 cm³/mol. The summed E-state index contributed by atoms with van der Waals surface area (Å²) in [5.41, 5.74) is 4.67. The molecule has 0 fully saturated rings. The van der Waals surface area contributed by atoms with Crippen molar-refractivity contribution in [3.05, 3.63) is 82.8 Å². The average molecular weight is 369 g/mol. The van der Waals surface area contributed by atoms with E-state index in [1.54, 1.807) is 0 Å². The molecule has 4 aliphatic heterocycles. The van der Waals surface area contributed by atoms with Gasteiger partial charge in [0.05, 0.1) is 34.6 Å². The van der Waals surface area contributed by atoms with Crippen LogP contribution in [0.5, 0.6) is 0 Å². The first-order valence-electron chi connectivity index (χ1n) is 7.92. The van der Waals surface area contributed by atoms with Crippen LogP contribution >= 0.6 is 0 Å². The molecule has 4 aliphatic rings. The van der Waals surface area contributed by atoms with Crippen molar-refractivity contribution in [3.63, 3.8) is 0 Å². The minimum absolute atomic E-state index is 0. The quantitative estimate of drug-likeness (QED) is 0.725. The first kappa shape index (κ1) is 15.7. The molecular weight excluding hydrogens is 355 g/mol. The number of hydrogen-bond acceptors (Lipinski definition) is 3. The van der Waals surface area contributed by atoms with E-state index in [0.717, 1.165) is 39.2 Å². The SMILES string of the molecule is C1=CC2=NC1=CC1=NC(C=C1)C=C1C=CC(=N1)C=c1ccc([nH]1)=C2.[Co+2]. The van der Waals surface area contributed by atoms with Crippen LogP contribution in [-0.4, -0.2) is 28.2 Å². The van der Waals surface area contributed by atoms with Crippen molar-refractivity contribution in [2.24, 2.45) is 15.0 Å². The first-order chi connectivity index (χ1) is 11.8. The maximum Gasteiger partial charge on any atom is 2.00 e. The fourth-order valence-electron chi connectivity index (χ4n) is 3.00. The Hall–Kier alpha value is -2.76. The molecule has 25 heavy (non-hydrogen) atoms. The third-order valence-corrected chi connectivity index (χ3v) is 4.10. The van der Waals surface area contributed by atoms with Crippen LogP contribution in [0.2, 0.25) is 0 Å². The average Bonchev–Trinajstić information content (AvgIpc) is 3.32. The van der Waals surface area contributed by atoms with Crippen molar-refractivity contribution in [3.8, 4) is 0 Å². The van der Waals surface area contributed by atoms with Crippen LogP contribution in [0.15, 0.2) is 87.1 Å². The van der Waals surface area contributed by atoms with Crippen molar-refractivity contribution < 1.29 is 16.8 Å². The Balaban J connectivity index is 0.00000157. The van der Waals surface area contributed by atoms with Crippen molar-refractivity contribution in [2.75, 3.05) is 0 Å². The minimum Gasteiger partial charge on any atom is -0.355 e. The van der Waals surface area contributed by atoms with Gasteiger partial charge >= 0.3 is 16.8 Å². The molecule has 1 N–H and O–H groups in total. The Morgan fingerprint density at radius 1 is 0.720 bits per heavy atom. The van der Waals surface area contributed by atoms with Gasteiger partial charge < -0.3 is 4.98 Å². The second kappa shape index (κ2) is 6.27. The Morgan fingerprint density at radius 3 is 2.16 bits per heavy atom. The van der Waals surface area contributed by atoms with E-state index in [-0.39, 0.29) is 22.8 Å². The molecule has 1 aromatic heterocycles. The van der Waals surface area contributed by atoms with Crippen LogP contribution in [0.3, 0.4) is 0 Å². The van der Waals surface area contributed by atoms with Crippen LogP contribution in [0, 0.1) is 0 Å². The normalized spacial score (nSPS) is 22.2. The molecule has 0 saturated heterocycles. The van der Waals surface area contributed by atoms with Gasteiger partial charge in [-0.2, -0.15) is 0 Å². The summed E-state index contributed by atoms with van der Waals surface area (Å²) in [6.07, 6.45) is 20.3. The molecular formula is C20H14CoN4+2. The molecule has 121 valence electrons. The third kappa shape index (κ3) is 3.24. The number of aromatic amines is 1. The maximum absolute atomic E-state index is 4.68. The van der Waals surface area contributed by atoms with Gasteiger partial charge in [-0.05, 0) is 66.8 Å². The molecule has 0 spiro atoms. The molecule has 1 aromatic rings. The van der Waals surface area contributed by atoms with Crippen LogP contribution in [0.25, 0.3) is 12.2 Å². The summed E-state index contributed by atoms with van der Waals surface area (Å²) < 4.78 is 0. The molecule has 0 amide bonds. The van der Waals surface area contributed by atoms with Gasteiger partial charge in [-0.15, -0.1) is 0 Å². The summed E-state index contributed by atoms with van der Waals surface area (Å²) in [7, 11) is 0. The van der Waals surface area contributed by atoms with Gasteiger partial charge in [-0.1, -0.05) is 6.08 Å². The van der Waals surface area contributed by atoms with Crippen LogP contribution < -0.4 is 10.7 Å². The van der Waals surface area contributed by atoms with Crippen LogP contribution in [-0.2, 0) is 16.8 Å². The zero-order chi connectivity index (χ0) is 15.9. The maximum atomic E-state index is 4.68. The molecule has 5 heteroatoms. The number of fused-ring (bicyclic) bond motifs is 5. The fraction of sp³-hybridized carbons (Fsp3) is 0.0500. The summed E-state index contributed by atoms with van der Waals surface area (Å²) in [5.74, 6) is 0. The number of aliphatic imine (C=N–C) groups is 3. The zero-order valence-corrected chi connectivity index (χ0v) is 14.2. The van der Waals surface area contributed by atoms with E-state index in [4.69, 9.17) is 0 Å². The van der Waals surface area contributed by atoms with Crippen molar-refractivity contribution >= 4 is 29.3 Å². The predicted octanol–water partition coefficient (Wildman–Crippen LogP) is 1.76. The summed E-state index contributed by atoms with van der Waals surface area (Å²) >= 11 is 0. The standard InChI is InChI=1S/C20H14N4.Co/c1-2-14-10-16-5-6-18(23-16)12-20-8-7-19(24-20)11-17-4-3-15(22-17)9-13(1)21-14;/h1-13,24H;/q;+2. The first-order valence-corrected chi connectivity index (χ1v) is 7.92. The van der Waals surface area contributed by atoms with Crippen molar-refractivity contribution in [2.45, 2.75) is 6.04 Å². The smallest absolute Gasteiger partial charge is 0.355 e. The van der Waals surface area contributed by atoms with Gasteiger partial charge in [0, 0.05) is 10.7 Å². The van der Waals surface area contributed by atoms with Gasteiger partial charge in [0.1, 0.15) is 0 Å². The molecule has 1 unspecified atom stereocenters. The molecule has 5 rings (SSSR count). The van der Waals surface area contributed by atoms with E-state index in [0.29, 0.717) is 0 Å².